The molecule has 2 nitrogen and oxygen atoms in total. The van der Waals surface area contributed by atoms with Crippen molar-refractivity contribution < 1.29 is 13.9 Å². The van der Waals surface area contributed by atoms with Crippen LogP contribution in [0.2, 0.25) is 0 Å². The fraction of sp³-hybridized carbons (Fsp3) is 0.682. The van der Waals surface area contributed by atoms with Crippen LogP contribution in [0.15, 0.2) is 12.1 Å². The molecule has 0 bridgehead atoms. The Hall–Kier alpha value is -1.38. The summed E-state index contributed by atoms with van der Waals surface area (Å²) in [6.07, 6.45) is 12.0. The minimum atomic E-state index is -0.482. The van der Waals surface area contributed by atoms with E-state index in [9.17, 15) is 4.79 Å². The van der Waals surface area contributed by atoms with Crippen LogP contribution in [0, 0.1) is 17.7 Å². The lowest BCUT2D eigenvalue weighted by Crippen LogP contribution is -2.27. The summed E-state index contributed by atoms with van der Waals surface area (Å²) in [6, 6.07) is 3.89. The van der Waals surface area contributed by atoms with Gasteiger partial charge < -0.3 is 4.74 Å². The van der Waals surface area contributed by atoms with Crippen molar-refractivity contribution in [1.29, 1.82) is 0 Å². The summed E-state index contributed by atoms with van der Waals surface area (Å²) >= 11 is 0. The zero-order chi connectivity index (χ0) is 17.4. The van der Waals surface area contributed by atoms with E-state index in [1.165, 1.54) is 44.9 Å². The summed E-state index contributed by atoms with van der Waals surface area (Å²) in [5.74, 6) is 1.21. The molecule has 1 atom stereocenters. The summed E-state index contributed by atoms with van der Waals surface area (Å²) < 4.78 is 20.3. The molecule has 1 aromatic carbocycles. The molecule has 1 aromatic rings. The molecule has 136 valence electrons. The first-order valence-corrected chi connectivity index (χ1v) is 10.2. The number of carbonyl (C=O) groups excluding carboxylic acids is 1. The molecule has 2 fully saturated rings. The van der Waals surface area contributed by atoms with Crippen LogP contribution in [0.5, 0.6) is 0 Å². The van der Waals surface area contributed by atoms with Crippen molar-refractivity contribution in [3.63, 3.8) is 0 Å². The molecule has 25 heavy (non-hydrogen) atoms. The number of fused-ring (bicyclic) bond motifs is 1. The zero-order valence-corrected chi connectivity index (χ0v) is 15.2. The van der Waals surface area contributed by atoms with Crippen LogP contribution in [0.4, 0.5) is 4.39 Å². The molecule has 1 aliphatic heterocycles. The Bertz CT molecular complexity index is 640. The first-order valence-electron chi connectivity index (χ1n) is 10.2. The first-order chi connectivity index (χ1) is 12.1. The number of rotatable bonds is 2. The molecular weight excluding hydrogens is 315 g/mol. The zero-order valence-electron chi connectivity index (χ0n) is 15.2. The van der Waals surface area contributed by atoms with Gasteiger partial charge in [0.15, 0.2) is 0 Å². The van der Waals surface area contributed by atoms with Crippen molar-refractivity contribution in [1.82, 2.24) is 0 Å². The van der Waals surface area contributed by atoms with Gasteiger partial charge in [-0.25, -0.2) is 9.18 Å². The monoisotopic (exact) mass is 344 g/mol. The van der Waals surface area contributed by atoms with E-state index in [0.717, 1.165) is 35.8 Å². The molecule has 0 radical (unpaired) electrons. The Morgan fingerprint density at radius 2 is 1.64 bits per heavy atom. The Balaban J connectivity index is 1.48. The number of ether oxygens (including phenoxy) is 1. The van der Waals surface area contributed by atoms with Crippen molar-refractivity contribution in [2.45, 2.75) is 83.2 Å². The van der Waals surface area contributed by atoms with E-state index in [1.807, 2.05) is 19.1 Å². The molecule has 2 aliphatic carbocycles. The molecule has 0 aromatic heterocycles. The number of halogens is 1. The summed E-state index contributed by atoms with van der Waals surface area (Å²) in [6.45, 7) is 1.86. The minimum absolute atomic E-state index is 0.156. The topological polar surface area (TPSA) is 26.3 Å². The van der Waals surface area contributed by atoms with Crippen LogP contribution >= 0.6 is 0 Å². The molecule has 1 heterocycles. The molecule has 2 saturated carbocycles. The highest BCUT2D eigenvalue weighted by atomic mass is 19.1. The highest BCUT2D eigenvalue weighted by Crippen LogP contribution is 2.44. The predicted molar refractivity (Wildman–Crippen MR) is 96.3 cm³/mol. The third-order valence-corrected chi connectivity index (χ3v) is 6.81. The molecule has 0 amide bonds. The molecule has 0 spiro atoms. The molecule has 0 saturated heterocycles. The summed E-state index contributed by atoms with van der Waals surface area (Å²) in [4.78, 5) is 12.1. The van der Waals surface area contributed by atoms with Gasteiger partial charge in [0.05, 0.1) is 5.56 Å². The molecule has 3 aliphatic rings. The highest BCUT2D eigenvalue weighted by Gasteiger charge is 2.33. The Morgan fingerprint density at radius 1 is 0.960 bits per heavy atom. The van der Waals surface area contributed by atoms with E-state index in [-0.39, 0.29) is 23.4 Å². The number of hydrogen-bond donors (Lipinski definition) is 0. The van der Waals surface area contributed by atoms with Gasteiger partial charge in [0.25, 0.3) is 0 Å². The summed E-state index contributed by atoms with van der Waals surface area (Å²) in [5, 5.41) is 0. The van der Waals surface area contributed by atoms with Crippen LogP contribution in [-0.4, -0.2) is 12.1 Å². The van der Waals surface area contributed by atoms with E-state index < -0.39 is 5.97 Å². The highest BCUT2D eigenvalue weighted by molar-refractivity contribution is 5.92. The van der Waals surface area contributed by atoms with Gasteiger partial charge >= 0.3 is 5.97 Å². The third-order valence-electron chi connectivity index (χ3n) is 6.81. The quantitative estimate of drug-likeness (QED) is 0.636. The van der Waals surface area contributed by atoms with Gasteiger partial charge in [0.2, 0.25) is 0 Å². The van der Waals surface area contributed by atoms with Crippen molar-refractivity contribution in [2.24, 2.45) is 11.8 Å². The van der Waals surface area contributed by atoms with Crippen molar-refractivity contribution in [2.75, 3.05) is 0 Å². The van der Waals surface area contributed by atoms with Gasteiger partial charge in [-0.1, -0.05) is 44.2 Å². The largest absolute Gasteiger partial charge is 0.459 e. The maximum absolute atomic E-state index is 15.1. The van der Waals surface area contributed by atoms with Crippen LogP contribution in [0.3, 0.4) is 0 Å². The predicted octanol–water partition coefficient (Wildman–Crippen LogP) is 5.78. The average molecular weight is 344 g/mol. The van der Waals surface area contributed by atoms with E-state index in [0.29, 0.717) is 6.42 Å². The lowest BCUT2D eigenvalue weighted by atomic mass is 9.69. The SMILES string of the molecule is CC1Cc2ccc(C3CCC(C4CCCCC4)CC3)c(F)c2C(=O)O1. The second-order valence-corrected chi connectivity index (χ2v) is 8.43. The van der Waals surface area contributed by atoms with E-state index >= 15 is 4.39 Å². The number of cyclic esters (lactones) is 1. The Morgan fingerprint density at radius 3 is 2.36 bits per heavy atom. The molecule has 0 N–H and O–H groups in total. The van der Waals surface area contributed by atoms with Gasteiger partial charge in [-0.05, 0) is 61.5 Å². The van der Waals surface area contributed by atoms with Crippen molar-refractivity contribution in [3.05, 3.63) is 34.6 Å². The number of esters is 1. The van der Waals surface area contributed by atoms with E-state index in [4.69, 9.17) is 4.74 Å². The third kappa shape index (κ3) is 3.35. The Labute approximate surface area is 150 Å². The standard InChI is InChI=1S/C22H29FO2/c1-14-13-18-11-12-19(21(23)20(18)22(24)25-14)17-9-7-16(8-10-17)15-5-3-2-4-6-15/h11-12,14-17H,2-10,13H2,1H3. The van der Waals surface area contributed by atoms with Gasteiger partial charge in [-0.3, -0.25) is 0 Å². The molecule has 1 unspecified atom stereocenters. The van der Waals surface area contributed by atoms with E-state index in [1.54, 1.807) is 0 Å². The maximum atomic E-state index is 15.1. The van der Waals surface area contributed by atoms with Crippen molar-refractivity contribution >= 4 is 5.97 Å². The lowest BCUT2D eigenvalue weighted by molar-refractivity contribution is 0.0293. The van der Waals surface area contributed by atoms with Crippen molar-refractivity contribution in [3.8, 4) is 0 Å². The number of hydrogen-bond acceptors (Lipinski definition) is 2. The Kier molecular flexibility index (Phi) is 4.84. The van der Waals surface area contributed by atoms with E-state index in [2.05, 4.69) is 0 Å². The lowest BCUT2D eigenvalue weighted by Gasteiger charge is -2.36. The second-order valence-electron chi connectivity index (χ2n) is 8.43. The van der Waals surface area contributed by atoms with Crippen LogP contribution < -0.4 is 0 Å². The second kappa shape index (κ2) is 7.09. The fourth-order valence-electron chi connectivity index (χ4n) is 5.44. The van der Waals surface area contributed by atoms with Gasteiger partial charge in [0, 0.05) is 6.42 Å². The van der Waals surface area contributed by atoms with Crippen LogP contribution in [0.1, 0.15) is 92.1 Å². The van der Waals surface area contributed by atoms with Crippen LogP contribution in [0.25, 0.3) is 0 Å². The summed E-state index contributed by atoms with van der Waals surface area (Å²) in [7, 11) is 0. The van der Waals surface area contributed by atoms with Gasteiger partial charge in [0.1, 0.15) is 11.9 Å². The van der Waals surface area contributed by atoms with Crippen LogP contribution in [-0.2, 0) is 11.2 Å². The van der Waals surface area contributed by atoms with Gasteiger partial charge in [-0.2, -0.15) is 0 Å². The molecule has 3 heteroatoms. The molecular formula is C22H29FO2. The number of benzene rings is 1. The normalized spacial score (nSPS) is 30.6. The minimum Gasteiger partial charge on any atom is -0.459 e. The average Bonchev–Trinajstić information content (AvgIpc) is 2.62. The smallest absolute Gasteiger partial charge is 0.341 e. The maximum Gasteiger partial charge on any atom is 0.341 e. The first kappa shape index (κ1) is 17.1. The number of carbonyl (C=O) groups is 1. The van der Waals surface area contributed by atoms with Gasteiger partial charge in [-0.15, -0.1) is 0 Å². The molecule has 4 rings (SSSR count). The fourth-order valence-corrected chi connectivity index (χ4v) is 5.44. The summed E-state index contributed by atoms with van der Waals surface area (Å²) in [5.41, 5.74) is 1.75.